The van der Waals surface area contributed by atoms with Gasteiger partial charge in [-0.1, -0.05) is 6.92 Å². The molecule has 20 heavy (non-hydrogen) atoms. The van der Waals surface area contributed by atoms with Gasteiger partial charge in [0.1, 0.15) is 0 Å². The quantitative estimate of drug-likeness (QED) is 0.659. The highest BCUT2D eigenvalue weighted by atomic mass is 32.2. The molecule has 0 fully saturated rings. The maximum Gasteiger partial charge on any atom is 0.193 e. The summed E-state index contributed by atoms with van der Waals surface area (Å²) in [6.45, 7) is 4.18. The Balaban J connectivity index is 2.01. The van der Waals surface area contributed by atoms with Gasteiger partial charge in [-0.05, 0) is 18.4 Å². The van der Waals surface area contributed by atoms with Crippen molar-refractivity contribution < 1.29 is 9.47 Å². The highest BCUT2D eigenvalue weighted by Crippen LogP contribution is 2.32. The van der Waals surface area contributed by atoms with Gasteiger partial charge < -0.3 is 20.5 Å². The van der Waals surface area contributed by atoms with Crippen LogP contribution < -0.4 is 20.5 Å². The average Bonchev–Trinajstić information content (AvgIpc) is 2.69. The second-order valence-electron chi connectivity index (χ2n) is 4.61. The Morgan fingerprint density at radius 3 is 2.90 bits per heavy atom. The van der Waals surface area contributed by atoms with E-state index in [1.54, 1.807) is 11.8 Å². The Hall–Kier alpha value is -1.56. The standard InChI is InChI=1S/C14H21N3O2S/c1-10(20-2)9-16-14(15)17-11-4-5-12-13(8-11)19-7-3-6-18-12/h4-5,8,10H,3,6-7,9H2,1-2H3,(H3,15,16,17). The van der Waals surface area contributed by atoms with E-state index in [0.717, 1.165) is 23.6 Å². The Morgan fingerprint density at radius 2 is 2.15 bits per heavy atom. The molecule has 0 bridgehead atoms. The first-order chi connectivity index (χ1) is 9.69. The zero-order valence-corrected chi connectivity index (χ0v) is 12.7. The molecule has 6 heteroatoms. The minimum absolute atomic E-state index is 0.417. The minimum atomic E-state index is 0.417. The van der Waals surface area contributed by atoms with Gasteiger partial charge in [0.15, 0.2) is 17.5 Å². The highest BCUT2D eigenvalue weighted by Gasteiger charge is 2.10. The summed E-state index contributed by atoms with van der Waals surface area (Å²) in [5.41, 5.74) is 6.73. The summed E-state index contributed by atoms with van der Waals surface area (Å²) >= 11 is 1.77. The first-order valence-electron chi connectivity index (χ1n) is 6.68. The fourth-order valence-electron chi connectivity index (χ4n) is 1.73. The summed E-state index contributed by atoms with van der Waals surface area (Å²) in [7, 11) is 0. The van der Waals surface area contributed by atoms with Crippen LogP contribution in [-0.4, -0.2) is 37.2 Å². The fraction of sp³-hybridized carbons (Fsp3) is 0.500. The lowest BCUT2D eigenvalue weighted by atomic mass is 10.3. The van der Waals surface area contributed by atoms with Crippen LogP contribution in [-0.2, 0) is 0 Å². The molecule has 1 aliphatic heterocycles. The maximum atomic E-state index is 5.87. The van der Waals surface area contributed by atoms with E-state index >= 15 is 0 Å². The number of guanidine groups is 1. The van der Waals surface area contributed by atoms with E-state index in [0.29, 0.717) is 31.0 Å². The summed E-state index contributed by atoms with van der Waals surface area (Å²) in [5, 5.41) is 3.53. The number of ether oxygens (including phenoxy) is 2. The Morgan fingerprint density at radius 1 is 1.40 bits per heavy atom. The third-order valence-corrected chi connectivity index (χ3v) is 3.89. The van der Waals surface area contributed by atoms with Gasteiger partial charge in [-0.15, -0.1) is 0 Å². The lowest BCUT2D eigenvalue weighted by Crippen LogP contribution is -2.23. The molecule has 1 atom stereocenters. The van der Waals surface area contributed by atoms with Crippen molar-refractivity contribution in [1.82, 2.24) is 0 Å². The van der Waals surface area contributed by atoms with Crippen molar-refractivity contribution >= 4 is 23.4 Å². The molecule has 1 unspecified atom stereocenters. The van der Waals surface area contributed by atoms with Gasteiger partial charge >= 0.3 is 0 Å². The highest BCUT2D eigenvalue weighted by molar-refractivity contribution is 7.99. The van der Waals surface area contributed by atoms with E-state index in [4.69, 9.17) is 15.2 Å². The molecule has 1 aromatic carbocycles. The summed E-state index contributed by atoms with van der Waals surface area (Å²) in [6.07, 6.45) is 2.96. The number of nitrogens with zero attached hydrogens (tertiary/aromatic N) is 1. The van der Waals surface area contributed by atoms with Crippen LogP contribution in [0, 0.1) is 0 Å². The minimum Gasteiger partial charge on any atom is -0.490 e. The molecule has 3 N–H and O–H groups in total. The molecule has 1 aromatic rings. The number of anilines is 1. The van der Waals surface area contributed by atoms with Crippen LogP contribution in [0.3, 0.4) is 0 Å². The van der Waals surface area contributed by atoms with Gasteiger partial charge in [0.25, 0.3) is 0 Å². The monoisotopic (exact) mass is 295 g/mol. The Bertz CT molecular complexity index is 479. The molecule has 0 saturated heterocycles. The third kappa shape index (κ3) is 4.23. The zero-order chi connectivity index (χ0) is 14.4. The van der Waals surface area contributed by atoms with E-state index in [1.807, 2.05) is 18.2 Å². The van der Waals surface area contributed by atoms with Crippen molar-refractivity contribution in [3.63, 3.8) is 0 Å². The maximum absolute atomic E-state index is 5.87. The van der Waals surface area contributed by atoms with E-state index in [1.165, 1.54) is 0 Å². The number of thioether (sulfide) groups is 1. The number of nitrogens with two attached hydrogens (primary N) is 1. The van der Waals surface area contributed by atoms with Gasteiger partial charge in [0, 0.05) is 23.4 Å². The van der Waals surface area contributed by atoms with Gasteiger partial charge in [-0.3, -0.25) is 4.99 Å². The topological polar surface area (TPSA) is 68.9 Å². The largest absolute Gasteiger partial charge is 0.490 e. The molecule has 0 saturated carbocycles. The number of aliphatic imine (C=N–C) groups is 1. The fourth-order valence-corrected chi connectivity index (χ4v) is 1.95. The van der Waals surface area contributed by atoms with Gasteiger partial charge in [0.2, 0.25) is 0 Å². The Kier molecular flexibility index (Phi) is 5.40. The van der Waals surface area contributed by atoms with Crippen LogP contribution in [0.25, 0.3) is 0 Å². The number of fused-ring (bicyclic) bond motifs is 1. The van der Waals surface area contributed by atoms with E-state index in [-0.39, 0.29) is 0 Å². The molecule has 5 nitrogen and oxygen atoms in total. The van der Waals surface area contributed by atoms with Crippen molar-refractivity contribution in [2.24, 2.45) is 10.7 Å². The van der Waals surface area contributed by atoms with Crippen molar-refractivity contribution in [1.29, 1.82) is 0 Å². The Labute approximate surface area is 123 Å². The third-order valence-electron chi connectivity index (χ3n) is 2.94. The SMILES string of the molecule is CSC(C)CN=C(N)Nc1ccc2c(c1)OCCCO2. The first-order valence-corrected chi connectivity index (χ1v) is 7.97. The second-order valence-corrected chi connectivity index (χ2v) is 5.89. The van der Waals surface area contributed by atoms with Crippen molar-refractivity contribution in [2.45, 2.75) is 18.6 Å². The number of hydrogen-bond acceptors (Lipinski definition) is 4. The van der Waals surface area contributed by atoms with Crippen LogP contribution in [0.1, 0.15) is 13.3 Å². The van der Waals surface area contributed by atoms with Gasteiger partial charge in [-0.25, -0.2) is 0 Å². The van der Waals surface area contributed by atoms with Crippen LogP contribution in [0.2, 0.25) is 0 Å². The average molecular weight is 295 g/mol. The van der Waals surface area contributed by atoms with Crippen molar-refractivity contribution in [3.8, 4) is 11.5 Å². The van der Waals surface area contributed by atoms with E-state index < -0.39 is 0 Å². The predicted octanol–water partition coefficient (Wildman–Crippen LogP) is 2.33. The van der Waals surface area contributed by atoms with Crippen LogP contribution in [0.4, 0.5) is 5.69 Å². The number of nitrogens with one attached hydrogen (secondary N) is 1. The molecule has 1 aliphatic rings. The molecule has 0 aliphatic carbocycles. The summed E-state index contributed by atoms with van der Waals surface area (Å²) < 4.78 is 11.2. The summed E-state index contributed by atoms with van der Waals surface area (Å²) in [5.74, 6) is 1.94. The lowest BCUT2D eigenvalue weighted by molar-refractivity contribution is 0.297. The number of benzene rings is 1. The van der Waals surface area contributed by atoms with Gasteiger partial charge in [0.05, 0.1) is 19.8 Å². The molecular formula is C14H21N3O2S. The summed E-state index contributed by atoms with van der Waals surface area (Å²) in [4.78, 5) is 4.31. The number of hydrogen-bond donors (Lipinski definition) is 2. The van der Waals surface area contributed by atoms with E-state index in [9.17, 15) is 0 Å². The molecule has 110 valence electrons. The first kappa shape index (κ1) is 14.8. The van der Waals surface area contributed by atoms with E-state index in [2.05, 4.69) is 23.5 Å². The van der Waals surface area contributed by atoms with Gasteiger partial charge in [-0.2, -0.15) is 11.8 Å². The number of rotatable bonds is 4. The zero-order valence-electron chi connectivity index (χ0n) is 11.9. The van der Waals surface area contributed by atoms with Crippen molar-refractivity contribution in [2.75, 3.05) is 31.3 Å². The van der Waals surface area contributed by atoms with Crippen LogP contribution >= 0.6 is 11.8 Å². The molecule has 0 aromatic heterocycles. The lowest BCUT2D eigenvalue weighted by Gasteiger charge is -2.11. The predicted molar refractivity (Wildman–Crippen MR) is 85.1 cm³/mol. The second kappa shape index (κ2) is 7.28. The molecular weight excluding hydrogens is 274 g/mol. The molecule has 2 rings (SSSR count). The molecule has 0 amide bonds. The molecule has 0 radical (unpaired) electrons. The summed E-state index contributed by atoms with van der Waals surface area (Å²) in [6, 6.07) is 5.69. The molecule has 0 spiro atoms. The van der Waals surface area contributed by atoms with Crippen LogP contribution in [0.15, 0.2) is 23.2 Å². The van der Waals surface area contributed by atoms with Crippen molar-refractivity contribution in [3.05, 3.63) is 18.2 Å². The molecule has 1 heterocycles. The smallest absolute Gasteiger partial charge is 0.193 e. The normalized spacial score (nSPS) is 16.4. The van der Waals surface area contributed by atoms with Crippen LogP contribution in [0.5, 0.6) is 11.5 Å².